The van der Waals surface area contributed by atoms with Gasteiger partial charge in [0.15, 0.2) is 0 Å². The quantitative estimate of drug-likeness (QED) is 0.488. The maximum absolute atomic E-state index is 12.6. The summed E-state index contributed by atoms with van der Waals surface area (Å²) < 4.78 is 5.34. The van der Waals surface area contributed by atoms with E-state index in [1.807, 2.05) is 54.6 Å². The predicted octanol–water partition coefficient (Wildman–Crippen LogP) is 4.36. The van der Waals surface area contributed by atoms with Gasteiger partial charge in [-0.15, -0.1) is 0 Å². The van der Waals surface area contributed by atoms with Crippen molar-refractivity contribution in [2.24, 2.45) is 4.99 Å². The van der Waals surface area contributed by atoms with Crippen LogP contribution in [0, 0.1) is 0 Å². The van der Waals surface area contributed by atoms with Crippen molar-refractivity contribution in [3.63, 3.8) is 0 Å². The number of hydrogen-bond acceptors (Lipinski definition) is 5. The highest BCUT2D eigenvalue weighted by Crippen LogP contribution is 2.30. The molecule has 0 bridgehead atoms. The van der Waals surface area contributed by atoms with Crippen LogP contribution in [-0.4, -0.2) is 22.1 Å². The monoisotopic (exact) mass is 428 g/mol. The van der Waals surface area contributed by atoms with Crippen LogP contribution in [0.5, 0.6) is 0 Å². The number of carbonyl (C=O) groups excluding carboxylic acids is 2. The Bertz CT molecular complexity index is 1440. The molecular formula is C24H16N2O4S. The van der Waals surface area contributed by atoms with E-state index in [9.17, 15) is 14.4 Å². The number of aliphatic imine (C=N–C) groups is 1. The standard InChI is InChI=1S/C24H16N2O4S/c27-21(25-18-10-5-8-14-6-1-3-9-16(14)18)13-20-22(28)26-23(31-20)17-12-15-7-2-4-11-19(15)30-24(17)29/h1-12,20H,13H2,(H,25,27). The zero-order chi connectivity index (χ0) is 21.4. The summed E-state index contributed by atoms with van der Waals surface area (Å²) in [6.07, 6.45) is -0.0430. The van der Waals surface area contributed by atoms with Crippen LogP contribution in [0.2, 0.25) is 0 Å². The molecule has 0 fully saturated rings. The van der Waals surface area contributed by atoms with E-state index < -0.39 is 16.8 Å². The van der Waals surface area contributed by atoms with E-state index in [2.05, 4.69) is 10.3 Å². The maximum atomic E-state index is 12.6. The first-order valence-electron chi connectivity index (χ1n) is 9.68. The Morgan fingerprint density at radius 2 is 1.71 bits per heavy atom. The highest BCUT2D eigenvalue weighted by molar-refractivity contribution is 8.16. The number of thioether (sulfide) groups is 1. The molecule has 4 aromatic rings. The maximum Gasteiger partial charge on any atom is 0.346 e. The summed E-state index contributed by atoms with van der Waals surface area (Å²) in [6, 6.07) is 22.2. The first kappa shape index (κ1) is 19.3. The first-order valence-corrected chi connectivity index (χ1v) is 10.6. The number of rotatable bonds is 4. The molecule has 0 saturated heterocycles. The number of benzene rings is 3. The van der Waals surface area contributed by atoms with Crippen molar-refractivity contribution in [1.82, 2.24) is 0 Å². The second kappa shape index (κ2) is 7.85. The highest BCUT2D eigenvalue weighted by atomic mass is 32.2. The molecule has 5 rings (SSSR count). The number of fused-ring (bicyclic) bond motifs is 2. The molecule has 0 radical (unpaired) electrons. The minimum Gasteiger partial charge on any atom is -0.422 e. The molecule has 31 heavy (non-hydrogen) atoms. The van der Waals surface area contributed by atoms with Crippen molar-refractivity contribution in [2.75, 3.05) is 5.32 Å². The van der Waals surface area contributed by atoms with Gasteiger partial charge < -0.3 is 9.73 Å². The van der Waals surface area contributed by atoms with Crippen molar-refractivity contribution in [2.45, 2.75) is 11.7 Å². The molecule has 0 saturated carbocycles. The normalized spacial score (nSPS) is 15.9. The van der Waals surface area contributed by atoms with Gasteiger partial charge in [0, 0.05) is 22.9 Å². The Morgan fingerprint density at radius 1 is 0.968 bits per heavy atom. The van der Waals surface area contributed by atoms with Crippen LogP contribution < -0.4 is 10.9 Å². The predicted molar refractivity (Wildman–Crippen MR) is 123 cm³/mol. The van der Waals surface area contributed by atoms with Crippen LogP contribution >= 0.6 is 11.8 Å². The summed E-state index contributed by atoms with van der Waals surface area (Å²) >= 11 is 1.12. The van der Waals surface area contributed by atoms with Gasteiger partial charge in [0.25, 0.3) is 5.91 Å². The second-order valence-electron chi connectivity index (χ2n) is 7.13. The third-order valence-corrected chi connectivity index (χ3v) is 6.23. The summed E-state index contributed by atoms with van der Waals surface area (Å²) in [4.78, 5) is 41.4. The van der Waals surface area contributed by atoms with Crippen LogP contribution in [0.1, 0.15) is 12.0 Å². The second-order valence-corrected chi connectivity index (χ2v) is 8.32. The Labute approximate surface area is 181 Å². The number of carbonyl (C=O) groups is 2. The van der Waals surface area contributed by atoms with Gasteiger partial charge in [-0.05, 0) is 23.6 Å². The molecule has 1 unspecified atom stereocenters. The van der Waals surface area contributed by atoms with Gasteiger partial charge in [0.05, 0.1) is 5.56 Å². The fraction of sp³-hybridized carbons (Fsp3) is 0.0833. The van der Waals surface area contributed by atoms with Crippen LogP contribution in [-0.2, 0) is 9.59 Å². The summed E-state index contributed by atoms with van der Waals surface area (Å²) in [5, 5.41) is 5.17. The molecule has 2 heterocycles. The fourth-order valence-electron chi connectivity index (χ4n) is 3.55. The van der Waals surface area contributed by atoms with E-state index >= 15 is 0 Å². The van der Waals surface area contributed by atoms with Crippen molar-refractivity contribution < 1.29 is 14.0 Å². The SMILES string of the molecule is O=C(CC1SC(c2cc3ccccc3oc2=O)=NC1=O)Nc1cccc2ccccc12. The molecule has 7 heteroatoms. The minimum atomic E-state index is -0.684. The number of anilines is 1. The molecule has 0 aliphatic carbocycles. The summed E-state index contributed by atoms with van der Waals surface area (Å²) in [6.45, 7) is 0. The molecule has 1 aromatic heterocycles. The largest absolute Gasteiger partial charge is 0.422 e. The zero-order valence-electron chi connectivity index (χ0n) is 16.2. The lowest BCUT2D eigenvalue weighted by molar-refractivity contribution is -0.121. The third kappa shape index (κ3) is 3.75. The lowest BCUT2D eigenvalue weighted by atomic mass is 10.1. The first-order chi connectivity index (χ1) is 15.1. The lowest BCUT2D eigenvalue weighted by Crippen LogP contribution is -2.21. The van der Waals surface area contributed by atoms with E-state index in [0.717, 1.165) is 27.9 Å². The number of nitrogens with one attached hydrogen (secondary N) is 1. The number of amides is 2. The average molecular weight is 428 g/mol. The van der Waals surface area contributed by atoms with Crippen LogP contribution in [0.25, 0.3) is 21.7 Å². The summed E-state index contributed by atoms with van der Waals surface area (Å²) in [5.74, 6) is -0.718. The van der Waals surface area contributed by atoms with E-state index in [-0.39, 0.29) is 22.9 Å². The number of para-hydroxylation sites is 1. The summed E-state index contributed by atoms with van der Waals surface area (Å²) in [7, 11) is 0. The van der Waals surface area contributed by atoms with E-state index in [0.29, 0.717) is 11.3 Å². The Kier molecular flexibility index (Phi) is 4.88. The number of nitrogens with zero attached hydrogens (tertiary/aromatic N) is 1. The molecule has 152 valence electrons. The topological polar surface area (TPSA) is 88.7 Å². The molecule has 1 aliphatic rings. The van der Waals surface area contributed by atoms with E-state index in [4.69, 9.17) is 4.42 Å². The van der Waals surface area contributed by atoms with Gasteiger partial charge in [-0.25, -0.2) is 9.79 Å². The Morgan fingerprint density at radius 3 is 2.58 bits per heavy atom. The lowest BCUT2D eigenvalue weighted by Gasteiger charge is -2.10. The molecule has 0 spiro atoms. The molecular weight excluding hydrogens is 412 g/mol. The number of hydrogen-bond donors (Lipinski definition) is 1. The van der Waals surface area contributed by atoms with Gasteiger partial charge in [-0.3, -0.25) is 9.59 Å². The van der Waals surface area contributed by atoms with Crippen molar-refractivity contribution >= 4 is 56.0 Å². The fourth-order valence-corrected chi connectivity index (χ4v) is 4.62. The summed E-state index contributed by atoms with van der Waals surface area (Å²) in [5.41, 5.74) is 0.833. The average Bonchev–Trinajstić information content (AvgIpc) is 3.13. The van der Waals surface area contributed by atoms with Crippen molar-refractivity contribution in [1.29, 1.82) is 0 Å². The minimum absolute atomic E-state index is 0.0430. The molecule has 1 N–H and O–H groups in total. The van der Waals surface area contributed by atoms with Gasteiger partial charge in [-0.1, -0.05) is 66.4 Å². The molecule has 1 aliphatic heterocycles. The molecule has 3 aromatic carbocycles. The van der Waals surface area contributed by atoms with Crippen molar-refractivity contribution in [3.8, 4) is 0 Å². The smallest absolute Gasteiger partial charge is 0.346 e. The van der Waals surface area contributed by atoms with Gasteiger partial charge in [0.1, 0.15) is 15.9 Å². The van der Waals surface area contributed by atoms with Crippen LogP contribution in [0.15, 0.2) is 87.0 Å². The molecule has 2 amide bonds. The Balaban J connectivity index is 1.33. The molecule has 1 atom stereocenters. The Hall–Kier alpha value is -3.71. The van der Waals surface area contributed by atoms with Crippen LogP contribution in [0.3, 0.4) is 0 Å². The highest BCUT2D eigenvalue weighted by Gasteiger charge is 2.32. The van der Waals surface area contributed by atoms with Gasteiger partial charge in [-0.2, -0.15) is 0 Å². The van der Waals surface area contributed by atoms with Crippen LogP contribution in [0.4, 0.5) is 5.69 Å². The van der Waals surface area contributed by atoms with E-state index in [1.54, 1.807) is 18.2 Å². The third-order valence-electron chi connectivity index (χ3n) is 5.05. The van der Waals surface area contributed by atoms with Gasteiger partial charge >= 0.3 is 5.63 Å². The van der Waals surface area contributed by atoms with Gasteiger partial charge in [0.2, 0.25) is 5.91 Å². The molecule has 6 nitrogen and oxygen atoms in total. The van der Waals surface area contributed by atoms with E-state index in [1.165, 1.54) is 0 Å². The zero-order valence-corrected chi connectivity index (χ0v) is 17.0. The van der Waals surface area contributed by atoms with Crippen molar-refractivity contribution in [3.05, 3.63) is 88.8 Å².